The molecule has 0 saturated carbocycles. The van der Waals surface area contributed by atoms with E-state index in [0.29, 0.717) is 24.5 Å². The summed E-state index contributed by atoms with van der Waals surface area (Å²) in [4.78, 5) is 14.0. The van der Waals surface area contributed by atoms with Gasteiger partial charge in [-0.3, -0.25) is 4.79 Å². The Bertz CT molecular complexity index is 440. The molecule has 0 bridgehead atoms. The average Bonchev–Trinajstić information content (AvgIpc) is 2.46. The number of ether oxygens (including phenoxy) is 1. The number of nitrogens with zero attached hydrogens (tertiary/aromatic N) is 1. The molecule has 0 aromatic heterocycles. The van der Waals surface area contributed by atoms with Crippen molar-refractivity contribution in [2.75, 3.05) is 25.4 Å². The highest BCUT2D eigenvalue weighted by atomic mass is 16.5. The van der Waals surface area contributed by atoms with Gasteiger partial charge in [0.25, 0.3) is 0 Å². The van der Waals surface area contributed by atoms with Crippen molar-refractivity contribution in [3.8, 4) is 5.75 Å². The van der Waals surface area contributed by atoms with Gasteiger partial charge < -0.3 is 15.4 Å². The van der Waals surface area contributed by atoms with Gasteiger partial charge in [-0.2, -0.15) is 0 Å². The number of nitrogen functional groups attached to an aromatic ring is 1. The summed E-state index contributed by atoms with van der Waals surface area (Å²) in [5.74, 6) is 1.71. The molecule has 1 amide bonds. The van der Waals surface area contributed by atoms with E-state index in [1.165, 1.54) is 0 Å². The van der Waals surface area contributed by atoms with Crippen LogP contribution in [0.15, 0.2) is 24.3 Å². The molecule has 2 N–H and O–H groups in total. The van der Waals surface area contributed by atoms with Crippen LogP contribution in [-0.4, -0.2) is 30.5 Å². The van der Waals surface area contributed by atoms with E-state index in [2.05, 4.69) is 6.92 Å². The molecular formula is C16H24N2O2. The van der Waals surface area contributed by atoms with Gasteiger partial charge in [-0.15, -0.1) is 0 Å². The average molecular weight is 276 g/mol. The minimum absolute atomic E-state index is 0.251. The summed E-state index contributed by atoms with van der Waals surface area (Å²) in [5, 5.41) is 0. The fourth-order valence-electron chi connectivity index (χ4n) is 2.43. The molecule has 2 rings (SSSR count). The summed E-state index contributed by atoms with van der Waals surface area (Å²) in [6.45, 7) is 4.60. The molecule has 1 aromatic rings. The van der Waals surface area contributed by atoms with Crippen LogP contribution in [0.4, 0.5) is 5.69 Å². The first-order valence-electron chi connectivity index (χ1n) is 7.42. The van der Waals surface area contributed by atoms with E-state index in [-0.39, 0.29) is 5.91 Å². The molecule has 0 unspecified atom stereocenters. The Labute approximate surface area is 120 Å². The predicted molar refractivity (Wildman–Crippen MR) is 80.6 cm³/mol. The number of benzene rings is 1. The van der Waals surface area contributed by atoms with Gasteiger partial charge in [0, 0.05) is 19.5 Å². The molecule has 1 fully saturated rings. The third kappa shape index (κ3) is 4.15. The van der Waals surface area contributed by atoms with Crippen LogP contribution in [-0.2, 0) is 4.79 Å². The predicted octanol–water partition coefficient (Wildman–Crippen LogP) is 2.69. The van der Waals surface area contributed by atoms with Crippen LogP contribution >= 0.6 is 0 Å². The highest BCUT2D eigenvalue weighted by Crippen LogP contribution is 2.20. The second-order valence-corrected chi connectivity index (χ2v) is 5.55. The zero-order valence-corrected chi connectivity index (χ0v) is 12.2. The minimum atomic E-state index is 0.251. The van der Waals surface area contributed by atoms with Crippen molar-refractivity contribution in [1.82, 2.24) is 4.90 Å². The lowest BCUT2D eigenvalue weighted by atomic mass is 9.99. The second kappa shape index (κ2) is 7.17. The van der Waals surface area contributed by atoms with Crippen molar-refractivity contribution in [3.63, 3.8) is 0 Å². The fourth-order valence-corrected chi connectivity index (χ4v) is 2.43. The van der Waals surface area contributed by atoms with E-state index in [4.69, 9.17) is 10.5 Å². The fraction of sp³-hybridized carbons (Fsp3) is 0.562. The zero-order chi connectivity index (χ0) is 14.4. The number of carbonyl (C=O) groups is 1. The van der Waals surface area contributed by atoms with Gasteiger partial charge in [-0.25, -0.2) is 0 Å². The number of hydrogen-bond donors (Lipinski definition) is 1. The molecule has 4 heteroatoms. The third-order valence-corrected chi connectivity index (χ3v) is 3.85. The highest BCUT2D eigenvalue weighted by Gasteiger charge is 2.19. The van der Waals surface area contributed by atoms with Crippen molar-refractivity contribution in [2.24, 2.45) is 5.92 Å². The molecule has 0 aliphatic carbocycles. The van der Waals surface area contributed by atoms with Gasteiger partial charge in [0.1, 0.15) is 5.75 Å². The number of hydrogen-bond acceptors (Lipinski definition) is 3. The molecule has 0 atom stereocenters. The topological polar surface area (TPSA) is 55.6 Å². The lowest BCUT2D eigenvalue weighted by Crippen LogP contribution is -2.37. The Morgan fingerprint density at radius 1 is 1.35 bits per heavy atom. The Morgan fingerprint density at radius 2 is 2.05 bits per heavy atom. The molecule has 1 aliphatic heterocycles. The van der Waals surface area contributed by atoms with E-state index in [9.17, 15) is 4.79 Å². The zero-order valence-electron chi connectivity index (χ0n) is 12.2. The molecule has 110 valence electrons. The first kappa shape index (κ1) is 14.7. The van der Waals surface area contributed by atoms with Crippen molar-refractivity contribution in [1.29, 1.82) is 0 Å². The Kier molecular flexibility index (Phi) is 5.27. The van der Waals surface area contributed by atoms with Crippen molar-refractivity contribution in [2.45, 2.75) is 32.6 Å². The SMILES string of the molecule is CC1CCN(C(=O)CCCOc2ccccc2N)CC1. The molecule has 0 radical (unpaired) electrons. The smallest absolute Gasteiger partial charge is 0.222 e. The summed E-state index contributed by atoms with van der Waals surface area (Å²) >= 11 is 0. The number of likely N-dealkylation sites (tertiary alicyclic amines) is 1. The molecular weight excluding hydrogens is 252 g/mol. The second-order valence-electron chi connectivity index (χ2n) is 5.55. The molecule has 1 saturated heterocycles. The number of carbonyl (C=O) groups excluding carboxylic acids is 1. The van der Waals surface area contributed by atoms with Crippen molar-refractivity contribution < 1.29 is 9.53 Å². The Morgan fingerprint density at radius 3 is 2.75 bits per heavy atom. The number of amides is 1. The first-order valence-corrected chi connectivity index (χ1v) is 7.42. The summed E-state index contributed by atoms with van der Waals surface area (Å²) in [7, 11) is 0. The van der Waals surface area contributed by atoms with Gasteiger partial charge in [0.2, 0.25) is 5.91 Å². The maximum absolute atomic E-state index is 12.0. The lowest BCUT2D eigenvalue weighted by Gasteiger charge is -2.30. The quantitative estimate of drug-likeness (QED) is 0.664. The number of anilines is 1. The Hall–Kier alpha value is -1.71. The van der Waals surface area contributed by atoms with Crippen LogP contribution in [0.2, 0.25) is 0 Å². The third-order valence-electron chi connectivity index (χ3n) is 3.85. The van der Waals surface area contributed by atoms with Gasteiger partial charge >= 0.3 is 0 Å². The lowest BCUT2D eigenvalue weighted by molar-refractivity contribution is -0.132. The van der Waals surface area contributed by atoms with Crippen molar-refractivity contribution in [3.05, 3.63) is 24.3 Å². The highest BCUT2D eigenvalue weighted by molar-refractivity contribution is 5.76. The van der Waals surface area contributed by atoms with E-state index in [0.717, 1.165) is 38.3 Å². The maximum atomic E-state index is 12.0. The van der Waals surface area contributed by atoms with Crippen LogP contribution in [0.25, 0.3) is 0 Å². The summed E-state index contributed by atoms with van der Waals surface area (Å²) in [6.07, 6.45) is 3.55. The van der Waals surface area contributed by atoms with E-state index in [1.807, 2.05) is 29.2 Å². The first-order chi connectivity index (χ1) is 9.66. The molecule has 20 heavy (non-hydrogen) atoms. The Balaban J connectivity index is 1.66. The van der Waals surface area contributed by atoms with E-state index < -0.39 is 0 Å². The number of piperidine rings is 1. The summed E-state index contributed by atoms with van der Waals surface area (Å²) in [6, 6.07) is 7.44. The standard InChI is InChI=1S/C16H24N2O2/c1-13-8-10-18(11-9-13)16(19)7-4-12-20-15-6-3-2-5-14(15)17/h2-3,5-6,13H,4,7-12,17H2,1H3. The molecule has 1 aliphatic rings. The molecule has 0 spiro atoms. The molecule has 1 heterocycles. The number of para-hydroxylation sites is 2. The summed E-state index contributed by atoms with van der Waals surface area (Å²) < 4.78 is 5.60. The van der Waals surface area contributed by atoms with Crippen LogP contribution in [0.1, 0.15) is 32.6 Å². The molecule has 1 aromatic carbocycles. The van der Waals surface area contributed by atoms with E-state index in [1.54, 1.807) is 0 Å². The van der Waals surface area contributed by atoms with Gasteiger partial charge in [0.05, 0.1) is 12.3 Å². The van der Waals surface area contributed by atoms with Gasteiger partial charge in [-0.05, 0) is 37.3 Å². The number of nitrogens with two attached hydrogens (primary N) is 1. The molecule has 4 nitrogen and oxygen atoms in total. The maximum Gasteiger partial charge on any atom is 0.222 e. The monoisotopic (exact) mass is 276 g/mol. The van der Waals surface area contributed by atoms with Crippen LogP contribution in [0.3, 0.4) is 0 Å². The largest absolute Gasteiger partial charge is 0.491 e. The van der Waals surface area contributed by atoms with Crippen molar-refractivity contribution >= 4 is 11.6 Å². The minimum Gasteiger partial charge on any atom is -0.491 e. The summed E-state index contributed by atoms with van der Waals surface area (Å²) in [5.41, 5.74) is 6.43. The van der Waals surface area contributed by atoms with Gasteiger partial charge in [0.15, 0.2) is 0 Å². The normalized spacial score (nSPS) is 16.1. The van der Waals surface area contributed by atoms with E-state index >= 15 is 0 Å². The van der Waals surface area contributed by atoms with Gasteiger partial charge in [-0.1, -0.05) is 19.1 Å². The number of rotatable bonds is 5. The van der Waals surface area contributed by atoms with Crippen LogP contribution in [0, 0.1) is 5.92 Å². The van der Waals surface area contributed by atoms with Crippen LogP contribution < -0.4 is 10.5 Å². The van der Waals surface area contributed by atoms with Crippen LogP contribution in [0.5, 0.6) is 5.75 Å².